The molecule has 0 heterocycles. The van der Waals surface area contributed by atoms with Gasteiger partial charge in [0.1, 0.15) is 9.03 Å². The van der Waals surface area contributed by atoms with Crippen molar-refractivity contribution in [3.05, 3.63) is 10.4 Å². The van der Waals surface area contributed by atoms with Gasteiger partial charge in [0.15, 0.2) is 0 Å². The Hall–Kier alpha value is -0.590. The van der Waals surface area contributed by atoms with E-state index in [0.29, 0.717) is 0 Å². The van der Waals surface area contributed by atoms with Gasteiger partial charge in [-0.25, -0.2) is 0 Å². The highest BCUT2D eigenvalue weighted by atomic mass is 31.0. The van der Waals surface area contributed by atoms with Crippen LogP contribution in [-0.2, 0) is 0 Å². The van der Waals surface area contributed by atoms with Crippen molar-refractivity contribution in [2.45, 2.75) is 0 Å². The van der Waals surface area contributed by atoms with Crippen LogP contribution in [0.1, 0.15) is 0 Å². The Morgan fingerprint density at radius 2 is 2.40 bits per heavy atom. The van der Waals surface area contributed by atoms with Crippen molar-refractivity contribution >= 4 is 9.03 Å². The van der Waals surface area contributed by atoms with Crippen LogP contribution in [0.5, 0.6) is 0 Å². The Bertz CT molecular complexity index is 67.7. The second kappa shape index (κ2) is 3.41. The molecule has 0 bridgehead atoms. The SMILES string of the molecule is [N-]=[N+]=NN=P. The van der Waals surface area contributed by atoms with Gasteiger partial charge in [0.2, 0.25) is 0 Å². The lowest BCUT2D eigenvalue weighted by molar-refractivity contribution is 1.25. The van der Waals surface area contributed by atoms with Crippen LogP contribution in [0.15, 0.2) is 10.1 Å². The number of hydrogen-bond acceptors (Lipinski definition) is 0. The van der Waals surface area contributed by atoms with E-state index in [0.717, 1.165) is 0 Å². The molecule has 26 valence electrons. The van der Waals surface area contributed by atoms with Gasteiger partial charge in [0.05, 0.1) is 0 Å². The van der Waals surface area contributed by atoms with Crippen molar-refractivity contribution in [1.82, 2.24) is 0 Å². The van der Waals surface area contributed by atoms with E-state index in [1.807, 2.05) is 0 Å². The molecule has 0 N–H and O–H groups in total. The first-order valence-corrected chi connectivity index (χ1v) is 1.27. The van der Waals surface area contributed by atoms with Crippen LogP contribution in [0.2, 0.25) is 0 Å². The Labute approximate surface area is 30.7 Å². The van der Waals surface area contributed by atoms with Crippen molar-refractivity contribution in [2.75, 3.05) is 0 Å². The molecule has 0 unspecified atom stereocenters. The summed E-state index contributed by atoms with van der Waals surface area (Å²) in [5.41, 5.74) is 7.40. The van der Waals surface area contributed by atoms with Crippen LogP contribution < -0.4 is 0 Å². The molecule has 0 spiro atoms. The zero-order chi connectivity index (χ0) is 4.12. The van der Waals surface area contributed by atoms with Crippen LogP contribution in [-0.4, -0.2) is 0 Å². The molecule has 0 aliphatic heterocycles. The summed E-state index contributed by atoms with van der Waals surface area (Å²) in [5, 5.41) is 2.69. The van der Waals surface area contributed by atoms with E-state index in [1.165, 1.54) is 0 Å². The molecule has 0 rings (SSSR count). The Morgan fingerprint density at radius 1 is 1.80 bits per heavy atom. The van der Waals surface area contributed by atoms with Crippen molar-refractivity contribution in [3.63, 3.8) is 0 Å². The minimum absolute atomic E-state index is 2.26. The summed E-state index contributed by atoms with van der Waals surface area (Å²) in [6, 6.07) is 0. The molecule has 5 heavy (non-hydrogen) atoms. The molecular weight excluding hydrogens is 87.0 g/mol. The van der Waals surface area contributed by atoms with Crippen LogP contribution >= 0.6 is 9.03 Å². The van der Waals surface area contributed by atoms with Crippen molar-refractivity contribution in [3.8, 4) is 0 Å². The van der Waals surface area contributed by atoms with Crippen molar-refractivity contribution < 1.29 is 0 Å². The average Bonchev–Trinajstić information content (AvgIpc) is 1.41. The molecule has 0 aromatic heterocycles. The zero-order valence-electron chi connectivity index (χ0n) is 2.29. The molecule has 0 radical (unpaired) electrons. The molecule has 4 nitrogen and oxygen atoms in total. The summed E-state index contributed by atoms with van der Waals surface area (Å²) in [6.07, 6.45) is 0. The van der Waals surface area contributed by atoms with Gasteiger partial charge in [-0.1, -0.05) is 0 Å². The number of azide groups is 1. The minimum atomic E-state index is 2.26. The summed E-state index contributed by atoms with van der Waals surface area (Å²) in [4.78, 5) is 5.13. The van der Waals surface area contributed by atoms with E-state index in [-0.39, 0.29) is 0 Å². The molecule has 0 amide bonds. The quantitative estimate of drug-likeness (QED) is 0.153. The third-order valence-electron chi connectivity index (χ3n) is 0.0847. The Balaban J connectivity index is 3.31. The van der Waals surface area contributed by atoms with Crippen LogP contribution in [0.25, 0.3) is 10.4 Å². The molecular formula is HN4P. The fourth-order valence-corrected chi connectivity index (χ4v) is 0.0600. The highest BCUT2D eigenvalue weighted by molar-refractivity contribution is 7.03. The van der Waals surface area contributed by atoms with Crippen LogP contribution in [0, 0.1) is 0 Å². The standard InChI is InChI=1S/HN4P/c1-2-3-4-5/h5H. The largest absolute Gasteiger partial charge is 0.165 e. The highest BCUT2D eigenvalue weighted by Crippen LogP contribution is 1.71. The number of nitrogens with zero attached hydrogens (tertiary/aromatic N) is 4. The first kappa shape index (κ1) is 4.41. The maximum Gasteiger partial charge on any atom is 0.144 e. The summed E-state index contributed by atoms with van der Waals surface area (Å²) in [5.74, 6) is 0. The predicted molar refractivity (Wildman–Crippen MR) is 19.9 cm³/mol. The fourth-order valence-electron chi connectivity index (χ4n) is 0.0200. The summed E-state index contributed by atoms with van der Waals surface area (Å²) in [7, 11) is 2.55. The van der Waals surface area contributed by atoms with Crippen molar-refractivity contribution in [1.29, 1.82) is 0 Å². The topological polar surface area (TPSA) is 61.1 Å². The maximum atomic E-state index is 7.40. The molecule has 0 atom stereocenters. The third kappa shape index (κ3) is 3.41. The Morgan fingerprint density at radius 3 is 2.40 bits per heavy atom. The summed E-state index contributed by atoms with van der Waals surface area (Å²) in [6.45, 7) is 0. The van der Waals surface area contributed by atoms with Gasteiger partial charge < -0.3 is 0 Å². The molecule has 0 saturated carbocycles. The van der Waals surface area contributed by atoms with E-state index in [4.69, 9.17) is 5.53 Å². The van der Waals surface area contributed by atoms with Gasteiger partial charge in [-0.2, -0.15) is 4.91 Å². The lowest BCUT2D eigenvalue weighted by Crippen LogP contribution is -1.17. The van der Waals surface area contributed by atoms with Gasteiger partial charge in [0.25, 0.3) is 0 Å². The highest BCUT2D eigenvalue weighted by Gasteiger charge is 1.41. The monoisotopic (exact) mass is 88.0 g/mol. The average molecular weight is 88.0 g/mol. The molecule has 0 aliphatic carbocycles. The number of rotatable bonds is 1. The zero-order valence-corrected chi connectivity index (χ0v) is 3.29. The van der Waals surface area contributed by atoms with Crippen molar-refractivity contribution in [2.24, 2.45) is 10.1 Å². The van der Waals surface area contributed by atoms with E-state index in [1.54, 1.807) is 0 Å². The number of hydrogen-bond donors (Lipinski definition) is 0. The van der Waals surface area contributed by atoms with Gasteiger partial charge in [0, 0.05) is 5.22 Å². The predicted octanol–water partition coefficient (Wildman–Crippen LogP) is 1.54. The lowest BCUT2D eigenvalue weighted by Gasteiger charge is -1.44. The molecule has 5 heteroatoms. The molecule has 0 fully saturated rings. The van der Waals surface area contributed by atoms with Crippen LogP contribution in [0.3, 0.4) is 0 Å². The van der Waals surface area contributed by atoms with E-state index >= 15 is 0 Å². The van der Waals surface area contributed by atoms with Crippen LogP contribution in [0.4, 0.5) is 0 Å². The minimum Gasteiger partial charge on any atom is -0.165 e. The second-order valence-electron chi connectivity index (χ2n) is 0.279. The molecule has 0 saturated heterocycles. The van der Waals surface area contributed by atoms with Gasteiger partial charge in [-0.05, 0) is 4.85 Å². The van der Waals surface area contributed by atoms with Gasteiger partial charge >= 0.3 is 0 Å². The lowest BCUT2D eigenvalue weighted by atomic mass is 12.7. The maximum absolute atomic E-state index is 7.40. The Kier molecular flexibility index (Phi) is 3.01. The van der Waals surface area contributed by atoms with Gasteiger partial charge in [-0.15, -0.1) is 5.53 Å². The third-order valence-corrected chi connectivity index (χ3v) is 0.174. The van der Waals surface area contributed by atoms with E-state index in [9.17, 15) is 0 Å². The molecule has 0 aromatic carbocycles. The van der Waals surface area contributed by atoms with Gasteiger partial charge in [-0.3, -0.25) is 0 Å². The smallest absolute Gasteiger partial charge is 0.144 e. The first-order chi connectivity index (χ1) is 2.41. The second-order valence-corrected chi connectivity index (χ2v) is 0.479. The fraction of sp³-hybridized carbons (Fsp3) is 0. The summed E-state index contributed by atoms with van der Waals surface area (Å²) >= 11 is 0. The van der Waals surface area contributed by atoms with E-state index in [2.05, 4.69) is 24.0 Å². The summed E-state index contributed by atoms with van der Waals surface area (Å²) < 4.78 is 0. The van der Waals surface area contributed by atoms with E-state index < -0.39 is 0 Å². The molecule has 0 aromatic rings. The first-order valence-electron chi connectivity index (χ1n) is 0.824. The molecule has 0 aliphatic rings. The normalized spacial score (nSPS) is 4.80.